The SMILES string of the molecule is CC#Cc1cc(F)c(C2C(=O)N(C)N(Cc3ccc(F)cn3)C2=O)c(OC)c1. The molecule has 1 aromatic heterocycles. The van der Waals surface area contributed by atoms with Crippen molar-refractivity contribution in [3.63, 3.8) is 0 Å². The summed E-state index contributed by atoms with van der Waals surface area (Å²) in [7, 11) is 2.74. The van der Waals surface area contributed by atoms with Crippen molar-refractivity contribution in [1.29, 1.82) is 0 Å². The van der Waals surface area contributed by atoms with E-state index in [1.807, 2.05) is 0 Å². The average molecular weight is 385 g/mol. The summed E-state index contributed by atoms with van der Waals surface area (Å²) in [5, 5.41) is 2.25. The standard InChI is InChI=1S/C20H17F2N3O3/c1-4-5-12-8-15(22)17(16(9-12)28-3)18-19(26)24(2)25(20(18)27)11-14-7-6-13(21)10-23-14/h6-10,18H,11H2,1-3H3. The largest absolute Gasteiger partial charge is 0.496 e. The zero-order chi connectivity index (χ0) is 20.4. The van der Waals surface area contributed by atoms with Gasteiger partial charge in [0.1, 0.15) is 17.4 Å². The molecule has 1 atom stereocenters. The molecule has 6 nitrogen and oxygen atoms in total. The topological polar surface area (TPSA) is 62.7 Å². The van der Waals surface area contributed by atoms with Gasteiger partial charge in [0.2, 0.25) is 0 Å². The minimum absolute atomic E-state index is 0.0544. The van der Waals surface area contributed by atoms with Gasteiger partial charge in [-0.05, 0) is 31.2 Å². The number of carbonyl (C=O) groups excluding carboxylic acids is 2. The summed E-state index contributed by atoms with van der Waals surface area (Å²) in [5.74, 6) is 1.58. The summed E-state index contributed by atoms with van der Waals surface area (Å²) in [6.07, 6.45) is 1.02. The molecule has 1 aromatic carbocycles. The van der Waals surface area contributed by atoms with Gasteiger partial charge in [0.15, 0.2) is 5.92 Å². The number of carbonyl (C=O) groups is 2. The zero-order valence-electron chi connectivity index (χ0n) is 15.5. The number of benzene rings is 1. The second-order valence-electron chi connectivity index (χ2n) is 6.11. The highest BCUT2D eigenvalue weighted by molar-refractivity contribution is 6.10. The molecule has 2 amide bonds. The Morgan fingerprint density at radius 2 is 1.96 bits per heavy atom. The third-order valence-corrected chi connectivity index (χ3v) is 4.40. The Balaban J connectivity index is 1.98. The van der Waals surface area contributed by atoms with Gasteiger partial charge in [-0.3, -0.25) is 19.6 Å². The van der Waals surface area contributed by atoms with Gasteiger partial charge in [-0.25, -0.2) is 13.8 Å². The van der Waals surface area contributed by atoms with Gasteiger partial charge in [0.25, 0.3) is 11.8 Å². The fraction of sp³-hybridized carbons (Fsp3) is 0.250. The number of hydrogen-bond acceptors (Lipinski definition) is 4. The average Bonchev–Trinajstić information content (AvgIpc) is 2.87. The van der Waals surface area contributed by atoms with Crippen LogP contribution < -0.4 is 4.74 Å². The van der Waals surface area contributed by atoms with Gasteiger partial charge in [-0.2, -0.15) is 0 Å². The molecule has 8 heteroatoms. The van der Waals surface area contributed by atoms with Crippen LogP contribution in [-0.2, 0) is 16.1 Å². The predicted molar refractivity (Wildman–Crippen MR) is 95.8 cm³/mol. The normalized spacial score (nSPS) is 16.2. The molecule has 28 heavy (non-hydrogen) atoms. The number of aromatic nitrogens is 1. The van der Waals surface area contributed by atoms with E-state index < -0.39 is 29.4 Å². The first-order chi connectivity index (χ1) is 13.4. The van der Waals surface area contributed by atoms with E-state index in [0.717, 1.165) is 16.2 Å². The molecule has 144 valence electrons. The molecular weight excluding hydrogens is 368 g/mol. The minimum atomic E-state index is -1.39. The quantitative estimate of drug-likeness (QED) is 0.598. The van der Waals surface area contributed by atoms with Crippen LogP contribution in [0.3, 0.4) is 0 Å². The molecule has 3 rings (SSSR count). The number of ether oxygens (including phenoxy) is 1. The number of nitrogens with zero attached hydrogens (tertiary/aromatic N) is 3. The van der Waals surface area contributed by atoms with Gasteiger partial charge < -0.3 is 4.74 Å². The van der Waals surface area contributed by atoms with Crippen molar-refractivity contribution >= 4 is 11.8 Å². The van der Waals surface area contributed by atoms with Gasteiger partial charge in [0, 0.05) is 12.6 Å². The van der Waals surface area contributed by atoms with Gasteiger partial charge in [0.05, 0.1) is 31.1 Å². The number of pyridine rings is 1. The van der Waals surface area contributed by atoms with Crippen molar-refractivity contribution in [1.82, 2.24) is 15.0 Å². The van der Waals surface area contributed by atoms with Crippen molar-refractivity contribution in [2.75, 3.05) is 14.2 Å². The fourth-order valence-electron chi connectivity index (χ4n) is 3.05. The van der Waals surface area contributed by atoms with E-state index in [1.54, 1.807) is 6.92 Å². The van der Waals surface area contributed by atoms with Gasteiger partial charge >= 0.3 is 0 Å². The van der Waals surface area contributed by atoms with Crippen LogP contribution in [0.25, 0.3) is 0 Å². The van der Waals surface area contributed by atoms with Crippen LogP contribution in [0.4, 0.5) is 8.78 Å². The van der Waals surface area contributed by atoms with Crippen LogP contribution in [0, 0.1) is 23.5 Å². The summed E-state index contributed by atoms with van der Waals surface area (Å²) in [6, 6.07) is 5.27. The molecule has 0 radical (unpaired) electrons. The Hall–Kier alpha value is -3.47. The Morgan fingerprint density at radius 1 is 1.21 bits per heavy atom. The lowest BCUT2D eigenvalue weighted by atomic mass is 9.95. The number of amides is 2. The highest BCUT2D eigenvalue weighted by atomic mass is 19.1. The van der Waals surface area contributed by atoms with Crippen molar-refractivity contribution in [3.8, 4) is 17.6 Å². The molecule has 0 N–H and O–H groups in total. The van der Waals surface area contributed by atoms with Gasteiger partial charge in [-0.1, -0.05) is 5.92 Å². The molecule has 1 saturated heterocycles. The maximum Gasteiger partial charge on any atom is 0.258 e. The van der Waals surface area contributed by atoms with Crippen LogP contribution in [0.15, 0.2) is 30.5 Å². The maximum atomic E-state index is 14.8. The lowest BCUT2D eigenvalue weighted by Gasteiger charge is -2.23. The zero-order valence-corrected chi connectivity index (χ0v) is 15.5. The maximum absolute atomic E-state index is 14.8. The summed E-state index contributed by atoms with van der Waals surface area (Å²) in [5.41, 5.74) is 0.621. The molecule has 1 fully saturated rings. The number of rotatable bonds is 4. The highest BCUT2D eigenvalue weighted by Crippen LogP contribution is 2.37. The van der Waals surface area contributed by atoms with Crippen LogP contribution in [0.2, 0.25) is 0 Å². The summed E-state index contributed by atoms with van der Waals surface area (Å²) in [4.78, 5) is 29.6. The Kier molecular flexibility index (Phi) is 5.27. The van der Waals surface area contributed by atoms with E-state index in [4.69, 9.17) is 4.74 Å². The molecule has 1 aliphatic rings. The third-order valence-electron chi connectivity index (χ3n) is 4.40. The van der Waals surface area contributed by atoms with E-state index in [1.165, 1.54) is 38.4 Å². The minimum Gasteiger partial charge on any atom is -0.496 e. The van der Waals surface area contributed by atoms with Crippen molar-refractivity contribution in [2.24, 2.45) is 0 Å². The first kappa shape index (κ1) is 19.3. The first-order valence-electron chi connectivity index (χ1n) is 8.36. The lowest BCUT2D eigenvalue weighted by Crippen LogP contribution is -2.37. The van der Waals surface area contributed by atoms with Crippen LogP contribution in [-0.4, -0.2) is 41.0 Å². The van der Waals surface area contributed by atoms with Gasteiger partial charge in [-0.15, -0.1) is 5.92 Å². The lowest BCUT2D eigenvalue weighted by molar-refractivity contribution is -0.145. The van der Waals surface area contributed by atoms with E-state index in [0.29, 0.717) is 11.3 Å². The second kappa shape index (κ2) is 7.64. The molecule has 1 unspecified atom stereocenters. The van der Waals surface area contributed by atoms with Crippen molar-refractivity contribution in [3.05, 3.63) is 58.9 Å². The number of halogens is 2. The van der Waals surface area contributed by atoms with E-state index in [9.17, 15) is 18.4 Å². The van der Waals surface area contributed by atoms with Crippen LogP contribution >= 0.6 is 0 Å². The van der Waals surface area contributed by atoms with Crippen molar-refractivity contribution < 1.29 is 23.1 Å². The summed E-state index contributed by atoms with van der Waals surface area (Å²) >= 11 is 0. The fourth-order valence-corrected chi connectivity index (χ4v) is 3.05. The molecule has 0 bridgehead atoms. The molecule has 0 saturated carbocycles. The van der Waals surface area contributed by atoms with Crippen molar-refractivity contribution in [2.45, 2.75) is 19.4 Å². The van der Waals surface area contributed by atoms with Crippen LogP contribution in [0.5, 0.6) is 5.75 Å². The number of likely N-dealkylation sites (N-methyl/N-ethyl adjacent to an activating group) is 1. The molecule has 0 spiro atoms. The summed E-state index contributed by atoms with van der Waals surface area (Å²) in [6.45, 7) is 1.56. The predicted octanol–water partition coefficient (Wildman–Crippen LogP) is 2.24. The smallest absolute Gasteiger partial charge is 0.258 e. The van der Waals surface area contributed by atoms with E-state index in [2.05, 4.69) is 16.8 Å². The molecule has 2 heterocycles. The molecule has 2 aromatic rings. The van der Waals surface area contributed by atoms with E-state index in [-0.39, 0.29) is 17.9 Å². The molecular formula is C20H17F2N3O3. The monoisotopic (exact) mass is 385 g/mol. The summed E-state index contributed by atoms with van der Waals surface area (Å²) < 4.78 is 33.1. The van der Waals surface area contributed by atoms with E-state index >= 15 is 0 Å². The number of hydrazine groups is 1. The molecule has 1 aliphatic heterocycles. The number of methoxy groups -OCH3 is 1. The highest BCUT2D eigenvalue weighted by Gasteiger charge is 2.47. The second-order valence-corrected chi connectivity index (χ2v) is 6.11. The first-order valence-corrected chi connectivity index (χ1v) is 8.36. The van der Waals surface area contributed by atoms with Crippen LogP contribution in [0.1, 0.15) is 29.7 Å². The Morgan fingerprint density at radius 3 is 2.57 bits per heavy atom. The molecule has 0 aliphatic carbocycles. The third kappa shape index (κ3) is 3.39. The Bertz CT molecular complexity index is 996. The Labute approximate surface area is 160 Å². The number of hydrogen-bond donors (Lipinski definition) is 0.